The zero-order chi connectivity index (χ0) is 12.5. The highest BCUT2D eigenvalue weighted by Crippen LogP contribution is 2.34. The van der Waals surface area contributed by atoms with E-state index in [-0.39, 0.29) is 11.1 Å². The van der Waals surface area contributed by atoms with E-state index >= 15 is 0 Å². The third-order valence-corrected chi connectivity index (χ3v) is 3.37. The fourth-order valence-electron chi connectivity index (χ4n) is 2.23. The molecule has 2 aromatic rings. The van der Waals surface area contributed by atoms with Crippen LogP contribution in [0.1, 0.15) is 17.0 Å². The Morgan fingerprint density at radius 2 is 2.22 bits per heavy atom. The van der Waals surface area contributed by atoms with Crippen molar-refractivity contribution in [3.63, 3.8) is 0 Å². The summed E-state index contributed by atoms with van der Waals surface area (Å²) in [7, 11) is 0. The molecule has 1 atom stereocenters. The molecule has 1 heterocycles. The number of halogens is 2. The molecular weight excluding hydrogens is 253 g/mol. The van der Waals surface area contributed by atoms with Crippen LogP contribution < -0.4 is 5.32 Å². The molecule has 0 aliphatic heterocycles. The molecule has 1 N–H and O–H groups in total. The maximum atomic E-state index is 13.4. The van der Waals surface area contributed by atoms with Gasteiger partial charge in [0.05, 0.1) is 6.20 Å². The van der Waals surface area contributed by atoms with Gasteiger partial charge in [0.25, 0.3) is 0 Å². The van der Waals surface area contributed by atoms with Crippen LogP contribution in [0.25, 0.3) is 0 Å². The molecule has 1 aliphatic carbocycles. The maximum Gasteiger partial charge on any atom is 0.224 e. The van der Waals surface area contributed by atoms with E-state index in [0.29, 0.717) is 12.5 Å². The lowest BCUT2D eigenvalue weighted by atomic mass is 9.77. The van der Waals surface area contributed by atoms with E-state index < -0.39 is 5.82 Å². The molecule has 0 radical (unpaired) electrons. The minimum atomic E-state index is -0.480. The summed E-state index contributed by atoms with van der Waals surface area (Å²) in [6.07, 6.45) is 2.09. The second-order valence-corrected chi connectivity index (χ2v) is 4.65. The Morgan fingerprint density at radius 3 is 3.06 bits per heavy atom. The summed E-state index contributed by atoms with van der Waals surface area (Å²) in [4.78, 5) is 7.40. The zero-order valence-corrected chi connectivity index (χ0v) is 10.3. The predicted molar refractivity (Wildman–Crippen MR) is 68.4 cm³/mol. The lowest BCUT2D eigenvalue weighted by Gasteiger charge is -2.30. The van der Waals surface area contributed by atoms with Crippen LogP contribution in [0.15, 0.2) is 30.5 Å². The number of anilines is 1. The minimum Gasteiger partial charge on any atom is -0.367 e. The van der Waals surface area contributed by atoms with Gasteiger partial charge < -0.3 is 5.32 Å². The lowest BCUT2D eigenvalue weighted by Crippen LogP contribution is -2.24. The molecule has 92 valence electrons. The quantitative estimate of drug-likeness (QED) is 0.865. The molecule has 0 saturated heterocycles. The third kappa shape index (κ3) is 2.04. The number of benzene rings is 1. The van der Waals surface area contributed by atoms with E-state index in [0.717, 1.165) is 12.6 Å². The van der Waals surface area contributed by atoms with Gasteiger partial charge in [-0.2, -0.15) is 4.98 Å². The van der Waals surface area contributed by atoms with Crippen molar-refractivity contribution in [1.82, 2.24) is 9.97 Å². The topological polar surface area (TPSA) is 37.8 Å². The van der Waals surface area contributed by atoms with Gasteiger partial charge in [-0.05, 0) is 29.1 Å². The summed E-state index contributed by atoms with van der Waals surface area (Å²) in [6.45, 7) is 0.654. The first-order valence-electron chi connectivity index (χ1n) is 5.74. The van der Waals surface area contributed by atoms with Gasteiger partial charge in [0.1, 0.15) is 0 Å². The Labute approximate surface area is 109 Å². The fraction of sp³-hybridized carbons (Fsp3) is 0.231. The van der Waals surface area contributed by atoms with Gasteiger partial charge in [-0.25, -0.2) is 9.37 Å². The Hall–Kier alpha value is -1.68. The van der Waals surface area contributed by atoms with E-state index in [4.69, 9.17) is 11.6 Å². The second-order valence-electron chi connectivity index (χ2n) is 4.32. The van der Waals surface area contributed by atoms with Crippen molar-refractivity contribution in [2.75, 3.05) is 11.9 Å². The van der Waals surface area contributed by atoms with Crippen molar-refractivity contribution in [2.24, 2.45) is 0 Å². The van der Waals surface area contributed by atoms with E-state index in [1.54, 1.807) is 0 Å². The highest BCUT2D eigenvalue weighted by Gasteiger charge is 2.25. The van der Waals surface area contributed by atoms with Crippen molar-refractivity contribution in [3.8, 4) is 0 Å². The van der Waals surface area contributed by atoms with Crippen LogP contribution in [0.3, 0.4) is 0 Å². The van der Waals surface area contributed by atoms with Gasteiger partial charge >= 0.3 is 0 Å². The first-order valence-corrected chi connectivity index (χ1v) is 6.11. The van der Waals surface area contributed by atoms with Crippen molar-refractivity contribution in [3.05, 3.63) is 52.7 Å². The lowest BCUT2D eigenvalue weighted by molar-refractivity contribution is 0.603. The van der Waals surface area contributed by atoms with E-state index in [1.807, 2.05) is 12.1 Å². The summed E-state index contributed by atoms with van der Waals surface area (Å²) in [5.74, 6) is 0.0979. The normalized spacial score (nSPS) is 16.9. The summed E-state index contributed by atoms with van der Waals surface area (Å²) >= 11 is 5.63. The molecule has 3 nitrogen and oxygen atoms in total. The van der Waals surface area contributed by atoms with E-state index in [2.05, 4.69) is 27.4 Å². The second kappa shape index (κ2) is 4.53. The predicted octanol–water partition coefficient (Wildman–Crippen LogP) is 3.02. The SMILES string of the molecule is Fc1cnc(Cl)nc1NCC1Cc2ccccc21. The Balaban J connectivity index is 1.68. The van der Waals surface area contributed by atoms with Crippen LogP contribution in [0, 0.1) is 5.82 Å². The van der Waals surface area contributed by atoms with E-state index in [9.17, 15) is 4.39 Å². The molecule has 0 amide bonds. The van der Waals surface area contributed by atoms with Crippen molar-refractivity contribution in [2.45, 2.75) is 12.3 Å². The summed E-state index contributed by atoms with van der Waals surface area (Å²) in [5.41, 5.74) is 2.69. The molecule has 0 spiro atoms. The maximum absolute atomic E-state index is 13.4. The number of hydrogen-bond acceptors (Lipinski definition) is 3. The average Bonchev–Trinajstić information content (AvgIpc) is 2.34. The van der Waals surface area contributed by atoms with Crippen LogP contribution in [-0.2, 0) is 6.42 Å². The molecule has 1 aromatic heterocycles. The largest absolute Gasteiger partial charge is 0.367 e. The first kappa shape index (κ1) is 11.4. The van der Waals surface area contributed by atoms with Crippen LogP contribution in [0.5, 0.6) is 0 Å². The van der Waals surface area contributed by atoms with Crippen molar-refractivity contribution >= 4 is 17.4 Å². The zero-order valence-electron chi connectivity index (χ0n) is 9.53. The van der Waals surface area contributed by atoms with Gasteiger partial charge in [0, 0.05) is 12.5 Å². The standard InChI is InChI=1S/C13H11ClFN3/c14-13-17-7-11(15)12(18-13)16-6-9-5-8-3-1-2-4-10(8)9/h1-4,7,9H,5-6H2,(H,16,17,18). The molecule has 0 bridgehead atoms. The molecule has 1 unspecified atom stereocenters. The van der Waals surface area contributed by atoms with Gasteiger partial charge in [0.15, 0.2) is 11.6 Å². The number of aromatic nitrogens is 2. The summed E-state index contributed by atoms with van der Waals surface area (Å²) in [5, 5.41) is 3.04. The highest BCUT2D eigenvalue weighted by molar-refractivity contribution is 6.28. The van der Waals surface area contributed by atoms with Crippen molar-refractivity contribution in [1.29, 1.82) is 0 Å². The van der Waals surface area contributed by atoms with E-state index in [1.165, 1.54) is 11.1 Å². The van der Waals surface area contributed by atoms with Crippen molar-refractivity contribution < 1.29 is 4.39 Å². The third-order valence-electron chi connectivity index (χ3n) is 3.19. The molecule has 5 heteroatoms. The molecule has 0 saturated carbocycles. The number of nitrogens with one attached hydrogen (secondary N) is 1. The van der Waals surface area contributed by atoms with Crippen LogP contribution >= 0.6 is 11.6 Å². The van der Waals surface area contributed by atoms with Crippen LogP contribution in [0.4, 0.5) is 10.2 Å². The fourth-order valence-corrected chi connectivity index (χ4v) is 2.37. The Bertz CT molecular complexity index is 588. The molecule has 1 aliphatic rings. The molecule has 18 heavy (non-hydrogen) atoms. The number of fused-ring (bicyclic) bond motifs is 1. The first-order chi connectivity index (χ1) is 8.74. The van der Waals surface area contributed by atoms with Gasteiger partial charge in [-0.15, -0.1) is 0 Å². The van der Waals surface area contributed by atoms with Gasteiger partial charge in [-0.1, -0.05) is 24.3 Å². The summed E-state index contributed by atoms with van der Waals surface area (Å²) < 4.78 is 13.4. The molecule has 0 fully saturated rings. The number of hydrogen-bond donors (Lipinski definition) is 1. The van der Waals surface area contributed by atoms with Crippen LogP contribution in [-0.4, -0.2) is 16.5 Å². The van der Waals surface area contributed by atoms with Crippen LogP contribution in [0.2, 0.25) is 5.28 Å². The number of nitrogens with zero attached hydrogens (tertiary/aromatic N) is 2. The monoisotopic (exact) mass is 263 g/mol. The Morgan fingerprint density at radius 1 is 1.39 bits per heavy atom. The Kier molecular flexibility index (Phi) is 2.88. The van der Waals surface area contributed by atoms with Gasteiger partial charge in [0.2, 0.25) is 5.28 Å². The summed E-state index contributed by atoms with van der Waals surface area (Å²) in [6, 6.07) is 8.28. The highest BCUT2D eigenvalue weighted by atomic mass is 35.5. The molecule has 3 rings (SSSR count). The van der Waals surface area contributed by atoms with Gasteiger partial charge in [-0.3, -0.25) is 0 Å². The smallest absolute Gasteiger partial charge is 0.224 e. The molecule has 1 aromatic carbocycles. The molecular formula is C13H11ClFN3. The minimum absolute atomic E-state index is 0.0490. The number of rotatable bonds is 3. The average molecular weight is 264 g/mol.